The minimum atomic E-state index is -0.404. The number of ether oxygens (including phenoxy) is 1. The Hall–Kier alpha value is -3.51. The number of halogens is 1. The second kappa shape index (κ2) is 8.88. The molecule has 2 atom stereocenters. The zero-order valence-electron chi connectivity index (χ0n) is 16.3. The summed E-state index contributed by atoms with van der Waals surface area (Å²) in [4.78, 5) is 8.05. The fourth-order valence-corrected chi connectivity index (χ4v) is 3.60. The first-order valence-corrected chi connectivity index (χ1v) is 9.88. The minimum absolute atomic E-state index is 0.0440. The van der Waals surface area contributed by atoms with Gasteiger partial charge in [-0.3, -0.25) is 5.10 Å². The van der Waals surface area contributed by atoms with Crippen molar-refractivity contribution in [1.82, 2.24) is 20.2 Å². The van der Waals surface area contributed by atoms with E-state index in [0.29, 0.717) is 28.6 Å². The molecule has 30 heavy (non-hydrogen) atoms. The van der Waals surface area contributed by atoms with Crippen molar-refractivity contribution in [2.45, 2.75) is 44.2 Å². The molecule has 0 radical (unpaired) electrons. The Morgan fingerprint density at radius 1 is 1.20 bits per heavy atom. The first kappa shape index (κ1) is 19.8. The van der Waals surface area contributed by atoms with E-state index in [4.69, 9.17) is 15.7 Å². The summed E-state index contributed by atoms with van der Waals surface area (Å²) in [6.45, 7) is 0. The van der Waals surface area contributed by atoms with Gasteiger partial charge >= 0.3 is 0 Å². The topological polar surface area (TPSA) is 126 Å². The lowest BCUT2D eigenvalue weighted by molar-refractivity contribution is 0.178. The van der Waals surface area contributed by atoms with Crippen LogP contribution in [-0.2, 0) is 0 Å². The fourth-order valence-electron chi connectivity index (χ4n) is 3.60. The molecule has 0 spiro atoms. The molecule has 0 amide bonds. The molecule has 0 unspecified atom stereocenters. The van der Waals surface area contributed by atoms with E-state index in [0.717, 1.165) is 32.1 Å². The number of nitrogens with two attached hydrogens (primary N) is 1. The molecule has 0 bridgehead atoms. The molecule has 1 aromatic carbocycles. The molecule has 4 rings (SSSR count). The van der Waals surface area contributed by atoms with Crippen LogP contribution in [0.3, 0.4) is 0 Å². The molecule has 4 N–H and O–H groups in total. The lowest BCUT2D eigenvalue weighted by Gasteiger charge is -2.21. The molecule has 1 saturated carbocycles. The number of H-pyrrole nitrogens is 1. The molecule has 154 valence electrons. The van der Waals surface area contributed by atoms with Crippen LogP contribution in [0.15, 0.2) is 36.7 Å². The maximum atomic E-state index is 14.7. The molecule has 2 aromatic heterocycles. The van der Waals surface area contributed by atoms with E-state index in [1.807, 2.05) is 6.07 Å². The van der Waals surface area contributed by atoms with Crippen LogP contribution in [0.4, 0.5) is 16.0 Å². The van der Waals surface area contributed by atoms with Gasteiger partial charge in [-0.2, -0.15) is 10.4 Å². The number of nitrogens with one attached hydrogen (secondary N) is 2. The number of anilines is 2. The highest BCUT2D eigenvalue weighted by Gasteiger charge is 2.22. The van der Waals surface area contributed by atoms with Gasteiger partial charge in [-0.05, 0) is 37.8 Å². The molecule has 0 aliphatic heterocycles. The summed E-state index contributed by atoms with van der Waals surface area (Å²) >= 11 is 0. The maximum absolute atomic E-state index is 14.7. The summed E-state index contributed by atoms with van der Waals surface area (Å²) in [7, 11) is 0. The minimum Gasteiger partial charge on any atom is -0.490 e. The van der Waals surface area contributed by atoms with Crippen molar-refractivity contribution >= 4 is 11.6 Å². The van der Waals surface area contributed by atoms with Crippen molar-refractivity contribution < 1.29 is 9.13 Å². The highest BCUT2D eigenvalue weighted by molar-refractivity contribution is 5.71. The van der Waals surface area contributed by atoms with Crippen LogP contribution in [0.5, 0.6) is 5.75 Å². The summed E-state index contributed by atoms with van der Waals surface area (Å²) in [5, 5.41) is 18.8. The van der Waals surface area contributed by atoms with E-state index in [-0.39, 0.29) is 17.8 Å². The van der Waals surface area contributed by atoms with Crippen LogP contribution in [0.2, 0.25) is 0 Å². The number of aromatic nitrogens is 4. The number of hydrogen-bond donors (Lipinski definition) is 3. The zero-order chi connectivity index (χ0) is 20.9. The molecule has 0 saturated heterocycles. The Kier molecular flexibility index (Phi) is 5.86. The van der Waals surface area contributed by atoms with Crippen LogP contribution in [0.25, 0.3) is 11.3 Å². The summed E-state index contributed by atoms with van der Waals surface area (Å²) in [6, 6.07) is 8.46. The van der Waals surface area contributed by atoms with Crippen LogP contribution in [0.1, 0.15) is 37.8 Å². The van der Waals surface area contributed by atoms with E-state index in [2.05, 4.69) is 25.5 Å². The summed E-state index contributed by atoms with van der Waals surface area (Å²) in [5.41, 5.74) is 7.16. The van der Waals surface area contributed by atoms with Crippen molar-refractivity contribution in [3.63, 3.8) is 0 Å². The second-order valence-electron chi connectivity index (χ2n) is 7.32. The van der Waals surface area contributed by atoms with Gasteiger partial charge in [0, 0.05) is 12.1 Å². The zero-order valence-corrected chi connectivity index (χ0v) is 16.3. The fraction of sp³-hybridized carbons (Fsp3) is 0.333. The predicted molar refractivity (Wildman–Crippen MR) is 109 cm³/mol. The van der Waals surface area contributed by atoms with Crippen LogP contribution < -0.4 is 15.8 Å². The van der Waals surface area contributed by atoms with E-state index >= 15 is 0 Å². The maximum Gasteiger partial charge on any atom is 0.158 e. The molecule has 2 heterocycles. The van der Waals surface area contributed by atoms with Gasteiger partial charge in [0.05, 0.1) is 23.7 Å². The normalized spacial score (nSPS) is 19.0. The first-order chi connectivity index (χ1) is 14.6. The third-order valence-corrected chi connectivity index (χ3v) is 5.06. The molecular weight excluding hydrogens is 385 g/mol. The van der Waals surface area contributed by atoms with Gasteiger partial charge in [-0.15, -0.1) is 0 Å². The highest BCUT2D eigenvalue weighted by atomic mass is 19.1. The molecule has 3 aromatic rings. The van der Waals surface area contributed by atoms with Crippen molar-refractivity contribution in [2.75, 3.05) is 5.32 Å². The Bertz CT molecular complexity index is 1040. The monoisotopic (exact) mass is 407 g/mol. The van der Waals surface area contributed by atoms with Crippen molar-refractivity contribution in [2.24, 2.45) is 5.73 Å². The number of nitrogens with zero attached hydrogens (tertiary/aromatic N) is 4. The van der Waals surface area contributed by atoms with Gasteiger partial charge in [-0.25, -0.2) is 14.4 Å². The van der Waals surface area contributed by atoms with Crippen molar-refractivity contribution in [3.05, 3.63) is 48.2 Å². The van der Waals surface area contributed by atoms with E-state index in [1.54, 1.807) is 18.2 Å². The Morgan fingerprint density at radius 3 is 2.87 bits per heavy atom. The summed E-state index contributed by atoms with van der Waals surface area (Å²) in [6.07, 6.45) is 7.52. The third-order valence-electron chi connectivity index (χ3n) is 5.06. The Balaban J connectivity index is 1.56. The van der Waals surface area contributed by atoms with Crippen LogP contribution in [0, 0.1) is 17.1 Å². The molecule has 1 fully saturated rings. The van der Waals surface area contributed by atoms with E-state index in [1.165, 1.54) is 18.5 Å². The van der Waals surface area contributed by atoms with E-state index in [9.17, 15) is 4.39 Å². The number of rotatable bonds is 5. The van der Waals surface area contributed by atoms with Gasteiger partial charge < -0.3 is 15.8 Å². The number of nitriles is 1. The van der Waals surface area contributed by atoms with Gasteiger partial charge in [0.15, 0.2) is 11.5 Å². The largest absolute Gasteiger partial charge is 0.490 e. The van der Waals surface area contributed by atoms with Crippen molar-refractivity contribution in [1.29, 1.82) is 5.26 Å². The number of aromatic amines is 1. The Morgan fingerprint density at radius 2 is 2.07 bits per heavy atom. The van der Waals surface area contributed by atoms with Crippen molar-refractivity contribution in [3.8, 4) is 23.1 Å². The van der Waals surface area contributed by atoms with Gasteiger partial charge in [0.1, 0.15) is 29.6 Å². The second-order valence-corrected chi connectivity index (χ2v) is 7.32. The summed E-state index contributed by atoms with van der Waals surface area (Å²) < 4.78 is 20.9. The molecule has 8 nitrogen and oxygen atoms in total. The average Bonchev–Trinajstić information content (AvgIpc) is 3.09. The smallest absolute Gasteiger partial charge is 0.158 e. The molecule has 1 aliphatic carbocycles. The quantitative estimate of drug-likeness (QED) is 0.551. The lowest BCUT2D eigenvalue weighted by atomic mass is 10.1. The van der Waals surface area contributed by atoms with Gasteiger partial charge in [0.25, 0.3) is 0 Å². The molecule has 1 aliphatic rings. The average molecular weight is 407 g/mol. The van der Waals surface area contributed by atoms with E-state index < -0.39 is 5.82 Å². The Labute approximate surface area is 173 Å². The molecule has 9 heteroatoms. The lowest BCUT2D eigenvalue weighted by Crippen LogP contribution is -2.27. The van der Waals surface area contributed by atoms with Crippen LogP contribution in [-0.4, -0.2) is 32.3 Å². The molecular formula is C21H22FN7O. The summed E-state index contributed by atoms with van der Waals surface area (Å²) in [5.74, 6) is 0.917. The van der Waals surface area contributed by atoms with Gasteiger partial charge in [0.2, 0.25) is 0 Å². The number of hydrogen-bond acceptors (Lipinski definition) is 7. The van der Waals surface area contributed by atoms with Crippen LogP contribution >= 0.6 is 0 Å². The predicted octanol–water partition coefficient (Wildman–Crippen LogP) is 3.66. The van der Waals surface area contributed by atoms with Gasteiger partial charge in [-0.1, -0.05) is 12.5 Å². The first-order valence-electron chi connectivity index (χ1n) is 9.88. The SMILES string of the molecule is N#Cc1cnc(Nc2cc(-c3c(F)cccc3O[C@@H]3CCCC[C@H](N)C3)[nH]n2)cn1. The number of benzene rings is 1. The highest BCUT2D eigenvalue weighted by Crippen LogP contribution is 2.35. The third kappa shape index (κ3) is 4.55. The standard InChI is InChI=1S/C21H22FN7O/c22-16-6-3-7-18(30-15-5-2-1-4-13(24)8-15)21(16)17-9-19(29-28-17)27-20-12-25-14(10-23)11-26-20/h3,6-7,9,11-13,15H,1-2,4-5,8,24H2,(H2,26,27,28,29)/t13-,15+/m0/s1.